The Bertz CT molecular complexity index is 300. The van der Waals surface area contributed by atoms with Gasteiger partial charge in [0, 0.05) is 6.04 Å². The molecule has 15 heavy (non-hydrogen) atoms. The second kappa shape index (κ2) is 5.20. The van der Waals surface area contributed by atoms with Crippen molar-refractivity contribution in [2.45, 2.75) is 31.7 Å². The van der Waals surface area contributed by atoms with Crippen LogP contribution in [0, 0.1) is 5.92 Å². The van der Waals surface area contributed by atoms with Gasteiger partial charge in [-0.3, -0.25) is 0 Å². The summed E-state index contributed by atoms with van der Waals surface area (Å²) < 4.78 is 1.35. The summed E-state index contributed by atoms with van der Waals surface area (Å²) in [6.07, 6.45) is 4.67. The molecule has 3 heteroatoms. The molecule has 0 aromatic heterocycles. The van der Waals surface area contributed by atoms with Crippen LogP contribution in [-0.2, 0) is 6.42 Å². The molecule has 2 atom stereocenters. The summed E-state index contributed by atoms with van der Waals surface area (Å²) in [7, 11) is 0. The van der Waals surface area contributed by atoms with Crippen LogP contribution in [0.2, 0.25) is 0 Å². The number of benzene rings is 1. The molecule has 0 saturated heterocycles. The van der Waals surface area contributed by atoms with Crippen molar-refractivity contribution in [2.75, 3.05) is 0 Å². The molecule has 0 aliphatic heterocycles. The minimum atomic E-state index is 0.327. The molecule has 1 aromatic carbocycles. The van der Waals surface area contributed by atoms with Crippen molar-refractivity contribution in [3.05, 3.63) is 35.9 Å². The van der Waals surface area contributed by atoms with E-state index in [1.54, 1.807) is 0 Å². The van der Waals surface area contributed by atoms with Crippen LogP contribution in [0.4, 0.5) is 0 Å². The predicted octanol–water partition coefficient (Wildman–Crippen LogP) is 4.01. The van der Waals surface area contributed by atoms with E-state index in [0.29, 0.717) is 12.0 Å². The second-order valence-electron chi connectivity index (χ2n) is 4.21. The van der Waals surface area contributed by atoms with Gasteiger partial charge in [0.15, 0.2) is 0 Å². The lowest BCUT2D eigenvalue weighted by atomic mass is 9.95. The smallest absolute Gasteiger partial charge is 0.0447 e. The Kier molecular flexibility index (Phi) is 3.90. The summed E-state index contributed by atoms with van der Waals surface area (Å²) in [6.45, 7) is 0. The molecule has 0 radical (unpaired) electrons. The number of halogens is 2. The first-order chi connectivity index (χ1) is 7.27. The molecule has 1 fully saturated rings. The zero-order valence-corrected chi connectivity index (χ0v) is 10.1. The monoisotopic (exact) mass is 243 g/mol. The van der Waals surface area contributed by atoms with Gasteiger partial charge in [-0.1, -0.05) is 36.8 Å². The van der Waals surface area contributed by atoms with E-state index in [2.05, 4.69) is 24.3 Å². The van der Waals surface area contributed by atoms with Crippen LogP contribution in [0.1, 0.15) is 24.8 Å². The summed E-state index contributed by atoms with van der Waals surface area (Å²) in [6, 6.07) is 10.9. The number of rotatable bonds is 3. The van der Waals surface area contributed by atoms with E-state index in [-0.39, 0.29) is 0 Å². The maximum atomic E-state index is 5.84. The normalized spacial score (nSPS) is 26.1. The maximum absolute atomic E-state index is 5.84. The summed E-state index contributed by atoms with van der Waals surface area (Å²) in [5, 5.41) is 0. The fourth-order valence-electron chi connectivity index (χ4n) is 2.43. The Labute approximate surface area is 101 Å². The average molecular weight is 244 g/mol. The molecule has 1 aliphatic carbocycles. The minimum absolute atomic E-state index is 0.327. The van der Waals surface area contributed by atoms with Crippen LogP contribution in [0.5, 0.6) is 0 Å². The van der Waals surface area contributed by atoms with Crippen LogP contribution in [0.25, 0.3) is 0 Å². The Morgan fingerprint density at radius 1 is 1.13 bits per heavy atom. The lowest BCUT2D eigenvalue weighted by Gasteiger charge is -2.21. The highest BCUT2D eigenvalue weighted by Gasteiger charge is 2.30. The van der Waals surface area contributed by atoms with Crippen LogP contribution < -0.4 is 0 Å². The summed E-state index contributed by atoms with van der Waals surface area (Å²) in [4.78, 5) is 0. The fraction of sp³-hybridized carbons (Fsp3) is 0.500. The zero-order chi connectivity index (χ0) is 10.7. The van der Waals surface area contributed by atoms with Gasteiger partial charge in [-0.2, -0.15) is 0 Å². The Morgan fingerprint density at radius 3 is 2.53 bits per heavy atom. The maximum Gasteiger partial charge on any atom is 0.0447 e. The third kappa shape index (κ3) is 2.87. The second-order valence-corrected chi connectivity index (χ2v) is 5.11. The average Bonchev–Trinajstić information content (AvgIpc) is 2.67. The number of hydrogen-bond acceptors (Lipinski definition) is 1. The molecule has 2 rings (SSSR count). The van der Waals surface area contributed by atoms with Gasteiger partial charge in [-0.15, -0.1) is 3.94 Å². The van der Waals surface area contributed by atoms with Crippen molar-refractivity contribution < 1.29 is 0 Å². The summed E-state index contributed by atoms with van der Waals surface area (Å²) in [5.74, 6) is 0.599. The molecule has 1 nitrogen and oxygen atoms in total. The van der Waals surface area contributed by atoms with Crippen LogP contribution in [0.3, 0.4) is 0 Å². The van der Waals surface area contributed by atoms with E-state index in [0.717, 1.165) is 12.8 Å². The van der Waals surface area contributed by atoms with E-state index in [1.807, 2.05) is 6.07 Å². The van der Waals surface area contributed by atoms with Crippen molar-refractivity contribution in [3.8, 4) is 0 Å². The Balaban J connectivity index is 2.00. The van der Waals surface area contributed by atoms with Crippen molar-refractivity contribution in [1.82, 2.24) is 3.94 Å². The third-order valence-corrected chi connectivity index (χ3v) is 3.71. The molecule has 1 unspecified atom stereocenters. The summed E-state index contributed by atoms with van der Waals surface area (Å²) >= 11 is 11.7. The molecule has 0 bridgehead atoms. The molecule has 82 valence electrons. The molecular formula is C12H15Cl2N. The zero-order valence-electron chi connectivity index (χ0n) is 8.57. The van der Waals surface area contributed by atoms with Gasteiger partial charge in [0.25, 0.3) is 0 Å². The molecular weight excluding hydrogens is 229 g/mol. The van der Waals surface area contributed by atoms with Crippen molar-refractivity contribution >= 4 is 23.6 Å². The molecule has 0 N–H and O–H groups in total. The fourth-order valence-corrected chi connectivity index (χ4v) is 2.94. The van der Waals surface area contributed by atoms with Gasteiger partial charge in [0.05, 0.1) is 0 Å². The van der Waals surface area contributed by atoms with Crippen molar-refractivity contribution in [1.29, 1.82) is 0 Å². The lowest BCUT2D eigenvalue weighted by Crippen LogP contribution is -2.25. The Morgan fingerprint density at radius 2 is 1.87 bits per heavy atom. The molecule has 0 heterocycles. The lowest BCUT2D eigenvalue weighted by molar-refractivity contribution is 0.373. The molecule has 1 aliphatic rings. The van der Waals surface area contributed by atoms with E-state index >= 15 is 0 Å². The van der Waals surface area contributed by atoms with E-state index in [4.69, 9.17) is 23.6 Å². The summed E-state index contributed by atoms with van der Waals surface area (Å²) in [5.41, 5.74) is 1.38. The quantitative estimate of drug-likeness (QED) is 0.726. The topological polar surface area (TPSA) is 3.24 Å². The van der Waals surface area contributed by atoms with E-state index in [9.17, 15) is 0 Å². The Hall–Kier alpha value is -0.240. The highest BCUT2D eigenvalue weighted by Crippen LogP contribution is 2.34. The van der Waals surface area contributed by atoms with Crippen LogP contribution in [-0.4, -0.2) is 9.98 Å². The highest BCUT2D eigenvalue weighted by molar-refractivity contribution is 6.34. The number of nitrogens with zero attached hydrogens (tertiary/aromatic N) is 1. The van der Waals surface area contributed by atoms with E-state index in [1.165, 1.54) is 22.3 Å². The molecule has 1 aromatic rings. The standard InChI is InChI=1S/C12H15Cl2N/c13-15(14)12-8-4-7-11(12)9-10-5-2-1-3-6-10/h1-3,5-6,11-12H,4,7-9H2/t11-,12?/m0/s1. The van der Waals surface area contributed by atoms with Crippen molar-refractivity contribution in [3.63, 3.8) is 0 Å². The van der Waals surface area contributed by atoms with Gasteiger partial charge in [0.1, 0.15) is 0 Å². The van der Waals surface area contributed by atoms with Gasteiger partial charge in [-0.25, -0.2) is 0 Å². The predicted molar refractivity (Wildman–Crippen MR) is 64.8 cm³/mol. The highest BCUT2D eigenvalue weighted by atomic mass is 35.5. The first-order valence-corrected chi connectivity index (χ1v) is 6.09. The largest absolute Gasteiger partial charge is 0.128 e. The SMILES string of the molecule is ClN(Cl)C1CCC[C@H]1Cc1ccccc1. The number of hydrogen-bond donors (Lipinski definition) is 0. The van der Waals surface area contributed by atoms with Gasteiger partial charge >= 0.3 is 0 Å². The van der Waals surface area contributed by atoms with Gasteiger partial charge < -0.3 is 0 Å². The molecule has 0 spiro atoms. The van der Waals surface area contributed by atoms with E-state index < -0.39 is 0 Å². The first-order valence-electron chi connectivity index (χ1n) is 5.42. The first kappa shape index (κ1) is 11.3. The van der Waals surface area contributed by atoms with Gasteiger partial charge in [0.2, 0.25) is 0 Å². The minimum Gasteiger partial charge on any atom is -0.128 e. The van der Waals surface area contributed by atoms with Crippen LogP contribution >= 0.6 is 23.6 Å². The molecule has 1 saturated carbocycles. The van der Waals surface area contributed by atoms with Crippen LogP contribution in [0.15, 0.2) is 30.3 Å². The van der Waals surface area contributed by atoms with Crippen molar-refractivity contribution in [2.24, 2.45) is 5.92 Å². The van der Waals surface area contributed by atoms with Gasteiger partial charge in [-0.05, 0) is 54.3 Å². The molecule has 0 amide bonds. The third-order valence-electron chi connectivity index (χ3n) is 3.21.